The minimum atomic E-state index is 0.362. The molecule has 1 fully saturated rings. The van der Waals surface area contributed by atoms with Crippen LogP contribution in [0, 0.1) is 19.8 Å². The van der Waals surface area contributed by atoms with Crippen molar-refractivity contribution >= 4 is 5.69 Å². The number of likely N-dealkylation sites (N-methyl/N-ethyl adjacent to an activating group) is 1. The summed E-state index contributed by atoms with van der Waals surface area (Å²) < 4.78 is 5.62. The summed E-state index contributed by atoms with van der Waals surface area (Å²) in [7, 11) is 2.15. The van der Waals surface area contributed by atoms with Gasteiger partial charge >= 0.3 is 0 Å². The quantitative estimate of drug-likeness (QED) is 0.906. The van der Waals surface area contributed by atoms with Crippen LogP contribution in [0.2, 0.25) is 0 Å². The summed E-state index contributed by atoms with van der Waals surface area (Å²) in [5.74, 6) is 0.546. The molecule has 19 heavy (non-hydrogen) atoms. The van der Waals surface area contributed by atoms with E-state index < -0.39 is 0 Å². The molecule has 0 saturated carbocycles. The first kappa shape index (κ1) is 14.4. The molecule has 1 aliphatic rings. The van der Waals surface area contributed by atoms with E-state index in [0.29, 0.717) is 18.5 Å². The van der Waals surface area contributed by atoms with Crippen LogP contribution >= 0.6 is 0 Å². The molecule has 0 aromatic heterocycles. The Labute approximate surface area is 116 Å². The van der Waals surface area contributed by atoms with E-state index in [9.17, 15) is 0 Å². The lowest BCUT2D eigenvalue weighted by Crippen LogP contribution is -2.46. The first-order valence-electron chi connectivity index (χ1n) is 7.20. The summed E-state index contributed by atoms with van der Waals surface area (Å²) in [5.41, 5.74) is 9.89. The zero-order valence-corrected chi connectivity index (χ0v) is 12.4. The number of nitrogens with two attached hydrogens (primary N) is 1. The van der Waals surface area contributed by atoms with Crippen molar-refractivity contribution < 1.29 is 4.74 Å². The van der Waals surface area contributed by atoms with Gasteiger partial charge < -0.3 is 15.4 Å². The lowest BCUT2D eigenvalue weighted by atomic mass is 9.92. The third kappa shape index (κ3) is 3.48. The van der Waals surface area contributed by atoms with Gasteiger partial charge in [-0.05, 0) is 49.9 Å². The Morgan fingerprint density at radius 3 is 2.53 bits per heavy atom. The molecule has 1 aromatic rings. The van der Waals surface area contributed by atoms with Crippen molar-refractivity contribution in [2.45, 2.75) is 32.7 Å². The highest BCUT2D eigenvalue weighted by Crippen LogP contribution is 2.26. The van der Waals surface area contributed by atoms with Crippen LogP contribution in [-0.2, 0) is 4.74 Å². The maximum atomic E-state index is 6.02. The van der Waals surface area contributed by atoms with E-state index in [1.54, 1.807) is 0 Å². The molecule has 0 radical (unpaired) electrons. The van der Waals surface area contributed by atoms with Crippen molar-refractivity contribution in [2.24, 2.45) is 11.7 Å². The fourth-order valence-electron chi connectivity index (χ4n) is 3.08. The Morgan fingerprint density at radius 1 is 1.32 bits per heavy atom. The summed E-state index contributed by atoms with van der Waals surface area (Å²) in [6.45, 7) is 6.71. The van der Waals surface area contributed by atoms with E-state index in [4.69, 9.17) is 10.5 Å². The van der Waals surface area contributed by atoms with E-state index in [1.807, 2.05) is 0 Å². The molecule has 3 heteroatoms. The minimum absolute atomic E-state index is 0.362. The molecule has 1 aliphatic heterocycles. The van der Waals surface area contributed by atoms with E-state index in [2.05, 4.69) is 44.0 Å². The number of benzene rings is 1. The van der Waals surface area contributed by atoms with Gasteiger partial charge in [0.15, 0.2) is 0 Å². The van der Waals surface area contributed by atoms with Gasteiger partial charge in [0.1, 0.15) is 0 Å². The standard InChI is InChI=1S/C16H26N2O/c1-12-7-13(2)9-15(8-12)18(3)16(10-17)14-5-4-6-19-11-14/h7-9,14,16H,4-6,10-11,17H2,1-3H3. The summed E-state index contributed by atoms with van der Waals surface area (Å²) in [6.07, 6.45) is 2.37. The van der Waals surface area contributed by atoms with Gasteiger partial charge in [-0.3, -0.25) is 0 Å². The van der Waals surface area contributed by atoms with Crippen molar-refractivity contribution in [3.05, 3.63) is 29.3 Å². The molecule has 0 spiro atoms. The van der Waals surface area contributed by atoms with Crippen molar-refractivity contribution in [3.63, 3.8) is 0 Å². The van der Waals surface area contributed by atoms with Crippen LogP contribution in [0.25, 0.3) is 0 Å². The topological polar surface area (TPSA) is 38.5 Å². The lowest BCUT2D eigenvalue weighted by molar-refractivity contribution is 0.0453. The molecule has 106 valence electrons. The van der Waals surface area contributed by atoms with E-state index in [1.165, 1.54) is 23.2 Å². The molecule has 2 rings (SSSR count). The Balaban J connectivity index is 2.16. The molecule has 1 aromatic carbocycles. The Bertz CT molecular complexity index is 393. The SMILES string of the molecule is Cc1cc(C)cc(N(C)C(CN)C2CCCOC2)c1. The lowest BCUT2D eigenvalue weighted by Gasteiger charge is -2.37. The van der Waals surface area contributed by atoms with E-state index in [0.717, 1.165) is 19.6 Å². The number of rotatable bonds is 4. The second kappa shape index (κ2) is 6.40. The number of ether oxygens (including phenoxy) is 1. The molecule has 1 heterocycles. The third-order valence-electron chi connectivity index (χ3n) is 4.09. The van der Waals surface area contributed by atoms with Crippen LogP contribution in [0.1, 0.15) is 24.0 Å². The summed E-state index contributed by atoms with van der Waals surface area (Å²) in [5, 5.41) is 0. The zero-order valence-electron chi connectivity index (χ0n) is 12.4. The van der Waals surface area contributed by atoms with E-state index >= 15 is 0 Å². The monoisotopic (exact) mass is 262 g/mol. The van der Waals surface area contributed by atoms with Crippen molar-refractivity contribution in [1.29, 1.82) is 0 Å². The fourth-order valence-corrected chi connectivity index (χ4v) is 3.08. The highest BCUT2D eigenvalue weighted by atomic mass is 16.5. The first-order valence-corrected chi connectivity index (χ1v) is 7.20. The Kier molecular flexibility index (Phi) is 4.83. The normalized spacial score (nSPS) is 21.2. The number of anilines is 1. The van der Waals surface area contributed by atoms with Gasteiger partial charge in [0, 0.05) is 37.8 Å². The first-order chi connectivity index (χ1) is 9.11. The maximum Gasteiger partial charge on any atom is 0.0514 e. The number of aryl methyl sites for hydroxylation is 2. The largest absolute Gasteiger partial charge is 0.381 e. The fraction of sp³-hybridized carbons (Fsp3) is 0.625. The summed E-state index contributed by atoms with van der Waals surface area (Å²) in [6, 6.07) is 7.04. The molecule has 1 saturated heterocycles. The molecule has 0 aliphatic carbocycles. The Morgan fingerprint density at radius 2 is 2.00 bits per heavy atom. The molecule has 3 nitrogen and oxygen atoms in total. The molecule has 2 N–H and O–H groups in total. The van der Waals surface area contributed by atoms with Gasteiger partial charge in [-0.25, -0.2) is 0 Å². The van der Waals surface area contributed by atoms with Gasteiger partial charge in [-0.1, -0.05) is 6.07 Å². The number of hydrogen-bond donors (Lipinski definition) is 1. The summed E-state index contributed by atoms with van der Waals surface area (Å²) in [4.78, 5) is 2.33. The van der Waals surface area contributed by atoms with Gasteiger partial charge in [0.2, 0.25) is 0 Å². The van der Waals surface area contributed by atoms with Crippen molar-refractivity contribution in [2.75, 3.05) is 31.7 Å². The second-order valence-corrected chi connectivity index (χ2v) is 5.74. The zero-order chi connectivity index (χ0) is 13.8. The van der Waals surface area contributed by atoms with Gasteiger partial charge in [-0.15, -0.1) is 0 Å². The predicted octanol–water partition coefficient (Wildman–Crippen LogP) is 2.49. The molecule has 2 atom stereocenters. The maximum absolute atomic E-state index is 6.02. The number of hydrogen-bond acceptors (Lipinski definition) is 3. The van der Waals surface area contributed by atoms with Crippen LogP contribution in [-0.4, -0.2) is 32.8 Å². The van der Waals surface area contributed by atoms with Crippen molar-refractivity contribution in [1.82, 2.24) is 0 Å². The van der Waals surface area contributed by atoms with Gasteiger partial charge in [-0.2, -0.15) is 0 Å². The van der Waals surface area contributed by atoms with Crippen LogP contribution in [0.15, 0.2) is 18.2 Å². The van der Waals surface area contributed by atoms with Crippen LogP contribution in [0.3, 0.4) is 0 Å². The number of nitrogens with zero attached hydrogens (tertiary/aromatic N) is 1. The highest BCUT2D eigenvalue weighted by molar-refractivity contribution is 5.51. The third-order valence-corrected chi connectivity index (χ3v) is 4.09. The van der Waals surface area contributed by atoms with Gasteiger partial charge in [0.25, 0.3) is 0 Å². The second-order valence-electron chi connectivity index (χ2n) is 5.74. The molecule has 2 unspecified atom stereocenters. The van der Waals surface area contributed by atoms with E-state index in [-0.39, 0.29) is 0 Å². The summed E-state index contributed by atoms with van der Waals surface area (Å²) >= 11 is 0. The van der Waals surface area contributed by atoms with Crippen LogP contribution < -0.4 is 10.6 Å². The average Bonchev–Trinajstić information content (AvgIpc) is 2.39. The minimum Gasteiger partial charge on any atom is -0.381 e. The van der Waals surface area contributed by atoms with Gasteiger partial charge in [0.05, 0.1) is 6.61 Å². The van der Waals surface area contributed by atoms with Crippen molar-refractivity contribution in [3.8, 4) is 0 Å². The van der Waals surface area contributed by atoms with Crippen LogP contribution in [0.4, 0.5) is 5.69 Å². The average molecular weight is 262 g/mol. The Hall–Kier alpha value is -1.06. The molecule has 0 bridgehead atoms. The predicted molar refractivity (Wildman–Crippen MR) is 80.7 cm³/mol. The highest BCUT2D eigenvalue weighted by Gasteiger charge is 2.26. The molecular formula is C16H26N2O. The molecular weight excluding hydrogens is 236 g/mol. The van der Waals surface area contributed by atoms with Crippen LogP contribution in [0.5, 0.6) is 0 Å². The molecule has 0 amide bonds. The smallest absolute Gasteiger partial charge is 0.0514 e.